The van der Waals surface area contributed by atoms with Crippen LogP contribution in [-0.4, -0.2) is 70.9 Å². The number of aromatic nitrogens is 1. The number of urea groups is 1. The monoisotopic (exact) mass is 455 g/mol. The molecule has 2 aliphatic heterocycles. The Morgan fingerprint density at radius 2 is 1.97 bits per heavy atom. The fourth-order valence-electron chi connectivity index (χ4n) is 4.49. The molecule has 2 aromatic rings. The van der Waals surface area contributed by atoms with Crippen molar-refractivity contribution < 1.29 is 9.59 Å². The zero-order chi connectivity index (χ0) is 22.5. The van der Waals surface area contributed by atoms with Crippen LogP contribution in [0.1, 0.15) is 36.0 Å². The SMILES string of the molecule is CCc1nc(CN2CCN(C(=O)C3CCCN(C(=O)Nc4cccc(C)c4)C3)CC2)cs1. The van der Waals surface area contributed by atoms with Gasteiger partial charge in [0, 0.05) is 56.9 Å². The van der Waals surface area contributed by atoms with Crippen molar-refractivity contribution in [3.8, 4) is 0 Å². The number of nitrogens with one attached hydrogen (secondary N) is 1. The van der Waals surface area contributed by atoms with Crippen LogP contribution in [0.4, 0.5) is 10.5 Å². The standard InChI is InChI=1S/C24H33N5O2S/c1-3-22-25-21(17-32-22)16-27-10-12-28(13-11-27)23(30)19-7-5-9-29(15-19)24(31)26-20-8-4-6-18(2)14-20/h4,6,8,14,17,19H,3,5,7,9-13,15-16H2,1-2H3,(H,26,31). The molecule has 0 spiro atoms. The fraction of sp³-hybridized carbons (Fsp3) is 0.542. The Balaban J connectivity index is 1.26. The number of nitrogens with zero attached hydrogens (tertiary/aromatic N) is 4. The number of piperazine rings is 1. The van der Waals surface area contributed by atoms with Gasteiger partial charge in [0.25, 0.3) is 0 Å². The molecule has 3 amide bonds. The molecular formula is C24H33N5O2S. The fourth-order valence-corrected chi connectivity index (χ4v) is 5.22. The third kappa shape index (κ3) is 5.66. The van der Waals surface area contributed by atoms with Gasteiger partial charge in [0.1, 0.15) is 0 Å². The van der Waals surface area contributed by atoms with Crippen LogP contribution in [0.5, 0.6) is 0 Å². The van der Waals surface area contributed by atoms with Gasteiger partial charge in [0.15, 0.2) is 0 Å². The Hall–Kier alpha value is -2.45. The second kappa shape index (κ2) is 10.4. The number of thiazole rings is 1. The summed E-state index contributed by atoms with van der Waals surface area (Å²) >= 11 is 1.73. The Morgan fingerprint density at radius 3 is 2.69 bits per heavy atom. The molecule has 2 saturated heterocycles. The lowest BCUT2D eigenvalue weighted by Crippen LogP contribution is -2.53. The molecule has 2 aliphatic rings. The van der Waals surface area contributed by atoms with E-state index in [2.05, 4.69) is 27.5 Å². The zero-order valence-electron chi connectivity index (χ0n) is 19.0. The summed E-state index contributed by atoms with van der Waals surface area (Å²) in [7, 11) is 0. The van der Waals surface area contributed by atoms with Crippen LogP contribution in [0.15, 0.2) is 29.6 Å². The van der Waals surface area contributed by atoms with E-state index < -0.39 is 0 Å². The molecule has 3 heterocycles. The average Bonchev–Trinajstić information content (AvgIpc) is 3.27. The van der Waals surface area contributed by atoms with Gasteiger partial charge in [-0.3, -0.25) is 9.69 Å². The maximum Gasteiger partial charge on any atom is 0.321 e. The van der Waals surface area contributed by atoms with Crippen LogP contribution in [-0.2, 0) is 17.8 Å². The highest BCUT2D eigenvalue weighted by Crippen LogP contribution is 2.22. The second-order valence-electron chi connectivity index (χ2n) is 8.77. The molecule has 8 heteroatoms. The number of piperidine rings is 1. The summed E-state index contributed by atoms with van der Waals surface area (Å²) in [6.45, 7) is 9.41. The van der Waals surface area contributed by atoms with Gasteiger partial charge < -0.3 is 15.1 Å². The smallest absolute Gasteiger partial charge is 0.321 e. The lowest BCUT2D eigenvalue weighted by Gasteiger charge is -2.38. The lowest BCUT2D eigenvalue weighted by molar-refractivity contribution is -0.138. The van der Waals surface area contributed by atoms with Gasteiger partial charge in [0.2, 0.25) is 5.91 Å². The predicted molar refractivity (Wildman–Crippen MR) is 128 cm³/mol. The van der Waals surface area contributed by atoms with E-state index in [0.717, 1.165) is 68.9 Å². The first-order chi connectivity index (χ1) is 15.5. The summed E-state index contributed by atoms with van der Waals surface area (Å²) in [5, 5.41) is 6.31. The first-order valence-corrected chi connectivity index (χ1v) is 12.5. The predicted octanol–water partition coefficient (Wildman–Crippen LogP) is 3.60. The summed E-state index contributed by atoms with van der Waals surface area (Å²) in [5.74, 6) is 0.0869. The van der Waals surface area contributed by atoms with Gasteiger partial charge in [-0.25, -0.2) is 9.78 Å². The largest absolute Gasteiger partial charge is 0.340 e. The number of carbonyl (C=O) groups excluding carboxylic acids is 2. The molecular weight excluding hydrogens is 422 g/mol. The van der Waals surface area contributed by atoms with Crippen molar-refractivity contribution in [2.45, 2.75) is 39.7 Å². The molecule has 1 aromatic carbocycles. The summed E-state index contributed by atoms with van der Waals surface area (Å²) in [6, 6.07) is 7.67. The Kier molecular flexibility index (Phi) is 7.42. The number of likely N-dealkylation sites (tertiary alicyclic amines) is 1. The number of anilines is 1. The number of benzene rings is 1. The molecule has 0 saturated carbocycles. The Labute approximate surface area is 194 Å². The minimum Gasteiger partial charge on any atom is -0.340 e. The van der Waals surface area contributed by atoms with Crippen molar-refractivity contribution in [1.29, 1.82) is 0 Å². The number of carbonyl (C=O) groups is 2. The molecule has 2 fully saturated rings. The van der Waals surface area contributed by atoms with Crippen LogP contribution in [0.25, 0.3) is 0 Å². The Bertz CT molecular complexity index is 938. The van der Waals surface area contributed by atoms with Crippen LogP contribution in [0.2, 0.25) is 0 Å². The average molecular weight is 456 g/mol. The number of aryl methyl sites for hydroxylation is 2. The molecule has 7 nitrogen and oxygen atoms in total. The first-order valence-electron chi connectivity index (χ1n) is 11.6. The van der Waals surface area contributed by atoms with E-state index in [0.29, 0.717) is 13.1 Å². The summed E-state index contributed by atoms with van der Waals surface area (Å²) in [4.78, 5) is 36.7. The maximum atomic E-state index is 13.2. The minimum atomic E-state index is -0.118. The highest BCUT2D eigenvalue weighted by Gasteiger charge is 2.32. The van der Waals surface area contributed by atoms with Gasteiger partial charge in [-0.1, -0.05) is 19.1 Å². The van der Waals surface area contributed by atoms with Gasteiger partial charge >= 0.3 is 6.03 Å². The third-order valence-corrected chi connectivity index (χ3v) is 7.34. The molecule has 1 atom stereocenters. The van der Waals surface area contributed by atoms with Crippen molar-refractivity contribution in [2.75, 3.05) is 44.6 Å². The highest BCUT2D eigenvalue weighted by molar-refractivity contribution is 7.09. The van der Waals surface area contributed by atoms with Crippen molar-refractivity contribution in [2.24, 2.45) is 5.92 Å². The Morgan fingerprint density at radius 1 is 1.16 bits per heavy atom. The van der Waals surface area contributed by atoms with Gasteiger partial charge in [-0.2, -0.15) is 0 Å². The van der Waals surface area contributed by atoms with Crippen molar-refractivity contribution in [3.05, 3.63) is 45.9 Å². The molecule has 172 valence electrons. The molecule has 1 N–H and O–H groups in total. The van der Waals surface area contributed by atoms with E-state index in [1.807, 2.05) is 36.1 Å². The normalized spacial score (nSPS) is 19.8. The quantitative estimate of drug-likeness (QED) is 0.748. The molecule has 0 bridgehead atoms. The van der Waals surface area contributed by atoms with Crippen molar-refractivity contribution in [1.82, 2.24) is 19.7 Å². The van der Waals surface area contributed by atoms with E-state index in [-0.39, 0.29) is 17.9 Å². The van der Waals surface area contributed by atoms with E-state index in [4.69, 9.17) is 0 Å². The number of rotatable bonds is 5. The third-order valence-electron chi connectivity index (χ3n) is 6.30. The molecule has 1 unspecified atom stereocenters. The van der Waals surface area contributed by atoms with Crippen molar-refractivity contribution in [3.63, 3.8) is 0 Å². The van der Waals surface area contributed by atoms with Crippen molar-refractivity contribution >= 4 is 29.0 Å². The molecule has 0 aliphatic carbocycles. The summed E-state index contributed by atoms with van der Waals surface area (Å²) < 4.78 is 0. The van der Waals surface area contributed by atoms with E-state index in [9.17, 15) is 9.59 Å². The first kappa shape index (κ1) is 22.7. The second-order valence-corrected chi connectivity index (χ2v) is 9.72. The van der Waals surface area contributed by atoms with Gasteiger partial charge in [-0.15, -0.1) is 11.3 Å². The van der Waals surface area contributed by atoms with Crippen LogP contribution >= 0.6 is 11.3 Å². The topological polar surface area (TPSA) is 68.8 Å². The van der Waals surface area contributed by atoms with Crippen LogP contribution < -0.4 is 5.32 Å². The molecule has 4 rings (SSSR count). The number of hydrogen-bond donors (Lipinski definition) is 1. The maximum absolute atomic E-state index is 13.2. The number of amides is 3. The highest BCUT2D eigenvalue weighted by atomic mass is 32.1. The van der Waals surface area contributed by atoms with E-state index >= 15 is 0 Å². The van der Waals surface area contributed by atoms with E-state index in [1.165, 1.54) is 5.01 Å². The molecule has 0 radical (unpaired) electrons. The minimum absolute atomic E-state index is 0.107. The van der Waals surface area contributed by atoms with E-state index in [1.54, 1.807) is 16.2 Å². The van der Waals surface area contributed by atoms with Gasteiger partial charge in [-0.05, 0) is 43.9 Å². The number of hydrogen-bond acceptors (Lipinski definition) is 5. The summed E-state index contributed by atoms with van der Waals surface area (Å²) in [6.07, 6.45) is 2.70. The molecule has 32 heavy (non-hydrogen) atoms. The zero-order valence-corrected chi connectivity index (χ0v) is 19.9. The molecule has 1 aromatic heterocycles. The van der Waals surface area contributed by atoms with Gasteiger partial charge in [0.05, 0.1) is 16.6 Å². The van der Waals surface area contributed by atoms with Crippen LogP contribution in [0.3, 0.4) is 0 Å². The summed E-state index contributed by atoms with van der Waals surface area (Å²) in [5.41, 5.74) is 3.04. The van der Waals surface area contributed by atoms with Crippen LogP contribution in [0, 0.1) is 12.8 Å². The lowest BCUT2D eigenvalue weighted by atomic mass is 9.96.